The Morgan fingerprint density at radius 2 is 2.06 bits per heavy atom. The normalized spacial score (nSPS) is 10.2. The number of thioether (sulfide) groups is 1. The third-order valence-corrected chi connectivity index (χ3v) is 3.15. The van der Waals surface area contributed by atoms with Gasteiger partial charge < -0.3 is 10.2 Å². The number of carbonyl (C=O) groups excluding carboxylic acids is 1. The predicted molar refractivity (Wildman–Crippen MR) is 66.9 cm³/mol. The minimum atomic E-state index is -0.298. The van der Waals surface area contributed by atoms with Crippen molar-refractivity contribution in [3.8, 4) is 11.5 Å². The number of aromatic hydroxyl groups is 2. The topological polar surface area (TPSA) is 83.3 Å². The van der Waals surface area contributed by atoms with Crippen molar-refractivity contribution in [2.24, 2.45) is 0 Å². The summed E-state index contributed by atoms with van der Waals surface area (Å²) in [5.74, 6) is -0.474. The minimum Gasteiger partial charge on any atom is -0.504 e. The molecule has 0 aliphatic carbocycles. The fraction of sp³-hybridized carbons (Fsp3) is 0.0833. The summed E-state index contributed by atoms with van der Waals surface area (Å²) in [6, 6.07) is 5.72. The van der Waals surface area contributed by atoms with Gasteiger partial charge in [-0.2, -0.15) is 0 Å². The Morgan fingerprint density at radius 3 is 2.72 bits per heavy atom. The lowest BCUT2D eigenvalue weighted by Gasteiger charge is -2.02. The summed E-state index contributed by atoms with van der Waals surface area (Å²) in [7, 11) is 0. The monoisotopic (exact) mass is 262 g/mol. The Hall–Kier alpha value is -2.08. The van der Waals surface area contributed by atoms with Gasteiger partial charge in [-0.05, 0) is 24.3 Å². The van der Waals surface area contributed by atoms with Gasteiger partial charge in [-0.1, -0.05) is 11.8 Å². The molecule has 0 saturated heterocycles. The van der Waals surface area contributed by atoms with Crippen molar-refractivity contribution >= 4 is 17.5 Å². The molecule has 5 nitrogen and oxygen atoms in total. The molecule has 0 saturated carbocycles. The summed E-state index contributed by atoms with van der Waals surface area (Å²) < 4.78 is 0. The molecule has 1 aromatic heterocycles. The molecule has 6 heteroatoms. The molecule has 0 radical (unpaired) electrons. The van der Waals surface area contributed by atoms with Gasteiger partial charge in [0.1, 0.15) is 6.33 Å². The van der Waals surface area contributed by atoms with E-state index in [1.54, 1.807) is 12.3 Å². The molecule has 0 bridgehead atoms. The largest absolute Gasteiger partial charge is 0.504 e. The van der Waals surface area contributed by atoms with Crippen LogP contribution in [-0.4, -0.2) is 31.7 Å². The van der Waals surface area contributed by atoms with Gasteiger partial charge in [0.25, 0.3) is 0 Å². The van der Waals surface area contributed by atoms with Crippen LogP contribution in [0.4, 0.5) is 0 Å². The molecule has 2 N–H and O–H groups in total. The molecule has 1 aromatic carbocycles. The van der Waals surface area contributed by atoms with Crippen LogP contribution >= 0.6 is 11.8 Å². The van der Waals surface area contributed by atoms with Gasteiger partial charge >= 0.3 is 0 Å². The maximum Gasteiger partial charge on any atom is 0.173 e. The fourth-order valence-electron chi connectivity index (χ4n) is 1.28. The van der Waals surface area contributed by atoms with Crippen LogP contribution in [0.1, 0.15) is 10.4 Å². The second-order valence-corrected chi connectivity index (χ2v) is 4.46. The highest BCUT2D eigenvalue weighted by molar-refractivity contribution is 7.99. The number of nitrogens with zero attached hydrogens (tertiary/aromatic N) is 2. The van der Waals surface area contributed by atoms with E-state index in [1.165, 1.54) is 36.3 Å². The highest BCUT2D eigenvalue weighted by atomic mass is 32.2. The zero-order chi connectivity index (χ0) is 13.0. The summed E-state index contributed by atoms with van der Waals surface area (Å²) in [5.41, 5.74) is 0.354. The van der Waals surface area contributed by atoms with E-state index in [0.29, 0.717) is 10.6 Å². The Balaban J connectivity index is 2.02. The van der Waals surface area contributed by atoms with E-state index in [0.717, 1.165) is 0 Å². The quantitative estimate of drug-likeness (QED) is 0.379. The third kappa shape index (κ3) is 2.98. The Kier molecular flexibility index (Phi) is 3.78. The summed E-state index contributed by atoms with van der Waals surface area (Å²) in [4.78, 5) is 19.6. The zero-order valence-electron chi connectivity index (χ0n) is 9.28. The summed E-state index contributed by atoms with van der Waals surface area (Å²) in [6.45, 7) is 0. The van der Waals surface area contributed by atoms with Gasteiger partial charge in [0, 0.05) is 11.8 Å². The second kappa shape index (κ2) is 5.50. The van der Waals surface area contributed by atoms with Crippen molar-refractivity contribution in [2.75, 3.05) is 5.75 Å². The van der Waals surface area contributed by atoms with Gasteiger partial charge in [0.05, 0.1) is 10.8 Å². The number of phenols is 2. The van der Waals surface area contributed by atoms with Crippen molar-refractivity contribution in [1.29, 1.82) is 0 Å². The number of carbonyl (C=O) groups is 1. The molecule has 0 unspecified atom stereocenters. The Morgan fingerprint density at radius 1 is 1.22 bits per heavy atom. The number of ketones is 1. The van der Waals surface area contributed by atoms with E-state index in [4.69, 9.17) is 5.11 Å². The first-order valence-electron chi connectivity index (χ1n) is 5.11. The van der Waals surface area contributed by atoms with Gasteiger partial charge in [-0.3, -0.25) is 4.79 Å². The minimum absolute atomic E-state index is 0.145. The van der Waals surface area contributed by atoms with Crippen LogP contribution in [0.5, 0.6) is 11.5 Å². The molecule has 0 atom stereocenters. The molecule has 92 valence electrons. The van der Waals surface area contributed by atoms with Crippen LogP contribution in [0.3, 0.4) is 0 Å². The summed E-state index contributed by atoms with van der Waals surface area (Å²) in [5, 5.41) is 19.2. The van der Waals surface area contributed by atoms with Gasteiger partial charge in [0.15, 0.2) is 17.3 Å². The molecular formula is C12H10N2O3S. The van der Waals surface area contributed by atoms with E-state index >= 15 is 0 Å². The number of benzene rings is 1. The smallest absolute Gasteiger partial charge is 0.173 e. The molecule has 0 amide bonds. The maximum atomic E-state index is 11.8. The molecule has 0 aliphatic heterocycles. The average molecular weight is 262 g/mol. The van der Waals surface area contributed by atoms with E-state index in [-0.39, 0.29) is 23.0 Å². The molecular weight excluding hydrogens is 252 g/mol. The van der Waals surface area contributed by atoms with Crippen molar-refractivity contribution in [1.82, 2.24) is 9.97 Å². The second-order valence-electron chi connectivity index (χ2n) is 3.46. The van der Waals surface area contributed by atoms with E-state index < -0.39 is 0 Å². The predicted octanol–water partition coefficient (Wildman–Crippen LogP) is 1.86. The Labute approximate surface area is 108 Å². The number of hydrogen-bond acceptors (Lipinski definition) is 6. The number of aromatic nitrogens is 2. The molecule has 0 aliphatic rings. The first-order chi connectivity index (χ1) is 8.66. The first-order valence-corrected chi connectivity index (χ1v) is 6.09. The molecule has 1 heterocycles. The average Bonchev–Trinajstić information content (AvgIpc) is 2.40. The summed E-state index contributed by atoms with van der Waals surface area (Å²) in [6.07, 6.45) is 3.02. The summed E-state index contributed by atoms with van der Waals surface area (Å²) >= 11 is 1.29. The van der Waals surface area contributed by atoms with Crippen LogP contribution in [0.2, 0.25) is 0 Å². The maximum absolute atomic E-state index is 11.8. The lowest BCUT2D eigenvalue weighted by Crippen LogP contribution is -2.02. The van der Waals surface area contributed by atoms with Crippen LogP contribution < -0.4 is 0 Å². The highest BCUT2D eigenvalue weighted by Gasteiger charge is 2.09. The van der Waals surface area contributed by atoms with Crippen molar-refractivity contribution < 1.29 is 15.0 Å². The van der Waals surface area contributed by atoms with Crippen molar-refractivity contribution in [3.05, 3.63) is 42.4 Å². The lowest BCUT2D eigenvalue weighted by molar-refractivity contribution is 0.102. The molecule has 18 heavy (non-hydrogen) atoms. The zero-order valence-corrected chi connectivity index (χ0v) is 10.1. The number of Topliss-reactive ketones (excluding diaryl/α,β-unsaturated/α-hetero) is 1. The number of hydrogen-bond donors (Lipinski definition) is 2. The van der Waals surface area contributed by atoms with Crippen LogP contribution in [0, 0.1) is 0 Å². The van der Waals surface area contributed by atoms with Crippen LogP contribution in [0.25, 0.3) is 0 Å². The molecule has 2 aromatic rings. The van der Waals surface area contributed by atoms with E-state index in [1.807, 2.05) is 0 Å². The fourth-order valence-corrected chi connectivity index (χ4v) is 2.01. The molecule has 0 spiro atoms. The third-order valence-electron chi connectivity index (χ3n) is 2.20. The van der Waals surface area contributed by atoms with Crippen molar-refractivity contribution in [3.63, 3.8) is 0 Å². The lowest BCUT2D eigenvalue weighted by atomic mass is 10.1. The van der Waals surface area contributed by atoms with Crippen LogP contribution in [-0.2, 0) is 0 Å². The van der Waals surface area contributed by atoms with Crippen LogP contribution in [0.15, 0.2) is 41.8 Å². The standard InChI is InChI=1S/C12H10N2O3S/c15-9-2-1-8(5-10(9)16)11(17)6-18-12-3-4-13-7-14-12/h1-5,7,15-16H,6H2. The number of phenolic OH excluding ortho intramolecular Hbond substituents is 2. The first kappa shape index (κ1) is 12.4. The number of rotatable bonds is 4. The SMILES string of the molecule is O=C(CSc1ccncn1)c1ccc(O)c(O)c1. The Bertz CT molecular complexity index is 561. The highest BCUT2D eigenvalue weighted by Crippen LogP contribution is 2.26. The van der Waals surface area contributed by atoms with Gasteiger partial charge in [-0.15, -0.1) is 0 Å². The van der Waals surface area contributed by atoms with Crippen molar-refractivity contribution in [2.45, 2.75) is 5.03 Å². The molecule has 0 fully saturated rings. The van der Waals surface area contributed by atoms with E-state index in [2.05, 4.69) is 9.97 Å². The van der Waals surface area contributed by atoms with Gasteiger partial charge in [0.2, 0.25) is 0 Å². The van der Waals surface area contributed by atoms with Gasteiger partial charge in [-0.25, -0.2) is 9.97 Å². The molecule has 2 rings (SSSR count). The van der Waals surface area contributed by atoms with E-state index in [9.17, 15) is 9.90 Å².